The van der Waals surface area contributed by atoms with Crippen LogP contribution in [-0.4, -0.2) is 24.1 Å². The Hall–Kier alpha value is -2.45. The average Bonchev–Trinajstić information content (AvgIpc) is 3.09. The summed E-state index contributed by atoms with van der Waals surface area (Å²) in [6.45, 7) is 2.87. The molecule has 0 N–H and O–H groups in total. The Kier molecular flexibility index (Phi) is 5.59. The lowest BCUT2D eigenvalue weighted by molar-refractivity contribution is 0.651. The van der Waals surface area contributed by atoms with Crippen LogP contribution in [0.2, 0.25) is 0 Å². The van der Waals surface area contributed by atoms with Gasteiger partial charge in [0.05, 0.1) is 5.69 Å². The third kappa shape index (κ3) is 4.02. The fraction of sp³-hybridized carbons (Fsp3) is 0.200. The molecule has 0 aliphatic heterocycles. The Balaban J connectivity index is 1.54. The molecule has 8 heteroatoms. The van der Waals surface area contributed by atoms with Gasteiger partial charge in [0.2, 0.25) is 0 Å². The number of thioether (sulfide) groups is 1. The number of pyridine rings is 1. The largest absolute Gasteiger partial charge is 0.306 e. The Morgan fingerprint density at radius 2 is 1.93 bits per heavy atom. The van der Waals surface area contributed by atoms with Crippen molar-refractivity contribution in [2.24, 2.45) is 0 Å². The molecule has 0 saturated carbocycles. The van der Waals surface area contributed by atoms with Crippen LogP contribution in [0.1, 0.15) is 24.0 Å². The van der Waals surface area contributed by atoms with Crippen LogP contribution < -0.4 is 5.56 Å². The molecule has 0 unspecified atom stereocenters. The van der Waals surface area contributed by atoms with Crippen molar-refractivity contribution in [3.63, 3.8) is 0 Å². The predicted octanol–water partition coefficient (Wildman–Crippen LogP) is 3.95. The summed E-state index contributed by atoms with van der Waals surface area (Å²) in [7, 11) is 0. The molecule has 0 aliphatic carbocycles. The van der Waals surface area contributed by atoms with Gasteiger partial charge in [-0.05, 0) is 40.5 Å². The van der Waals surface area contributed by atoms with Gasteiger partial charge in [0.15, 0.2) is 5.16 Å². The second-order valence-electron chi connectivity index (χ2n) is 6.26. The van der Waals surface area contributed by atoms with Crippen LogP contribution in [0, 0.1) is 0 Å². The Morgan fingerprint density at radius 3 is 2.71 bits per heavy atom. The molecule has 0 spiro atoms. The molecule has 0 bridgehead atoms. The minimum atomic E-state index is -0.0939. The normalized spacial score (nSPS) is 11.2. The highest BCUT2D eigenvalue weighted by Crippen LogP contribution is 2.22. The van der Waals surface area contributed by atoms with E-state index in [0.717, 1.165) is 34.1 Å². The highest BCUT2D eigenvalue weighted by atomic mass is 79.9. The van der Waals surface area contributed by atoms with Gasteiger partial charge in [-0.25, -0.2) is 4.98 Å². The molecule has 3 aromatic heterocycles. The van der Waals surface area contributed by atoms with E-state index in [4.69, 9.17) is 0 Å². The summed E-state index contributed by atoms with van der Waals surface area (Å²) < 4.78 is 4.49. The quantitative estimate of drug-likeness (QED) is 0.411. The lowest BCUT2D eigenvalue weighted by Crippen LogP contribution is -2.15. The van der Waals surface area contributed by atoms with Crippen LogP contribution in [0.5, 0.6) is 0 Å². The van der Waals surface area contributed by atoms with Gasteiger partial charge >= 0.3 is 0 Å². The van der Waals surface area contributed by atoms with Gasteiger partial charge in [0, 0.05) is 35.5 Å². The lowest BCUT2D eigenvalue weighted by Gasteiger charge is -2.08. The molecule has 0 radical (unpaired) electrons. The molecule has 0 atom stereocenters. The first-order valence-electron chi connectivity index (χ1n) is 8.90. The molecule has 6 nitrogen and oxygen atoms in total. The van der Waals surface area contributed by atoms with E-state index in [1.165, 1.54) is 9.96 Å². The topological polar surface area (TPSA) is 65.1 Å². The number of halogens is 1. The molecule has 0 amide bonds. The third-order valence-electron chi connectivity index (χ3n) is 4.34. The number of rotatable bonds is 6. The molecule has 1 aromatic carbocycles. The molecule has 0 fully saturated rings. The van der Waals surface area contributed by atoms with Crippen molar-refractivity contribution in [3.05, 3.63) is 86.6 Å². The van der Waals surface area contributed by atoms with Crippen LogP contribution in [0.4, 0.5) is 0 Å². The molecule has 4 rings (SSSR count). The lowest BCUT2D eigenvalue weighted by atomic mass is 10.1. The number of fused-ring (bicyclic) bond motifs is 1. The van der Waals surface area contributed by atoms with Crippen LogP contribution >= 0.6 is 27.7 Å². The van der Waals surface area contributed by atoms with Crippen molar-refractivity contribution < 1.29 is 0 Å². The smallest absolute Gasteiger partial charge is 0.258 e. The first-order valence-corrected chi connectivity index (χ1v) is 10.7. The summed E-state index contributed by atoms with van der Waals surface area (Å²) in [6, 6.07) is 15.5. The number of aromatic nitrogens is 5. The molecular formula is C20H18BrN5OS. The van der Waals surface area contributed by atoms with Gasteiger partial charge in [0.1, 0.15) is 11.5 Å². The Labute approximate surface area is 174 Å². The second kappa shape index (κ2) is 8.28. The predicted molar refractivity (Wildman–Crippen MR) is 114 cm³/mol. The van der Waals surface area contributed by atoms with E-state index < -0.39 is 0 Å². The summed E-state index contributed by atoms with van der Waals surface area (Å²) in [6.07, 6.45) is 2.47. The van der Waals surface area contributed by atoms with E-state index >= 15 is 0 Å². The van der Waals surface area contributed by atoms with E-state index in [1.54, 1.807) is 24.0 Å². The fourth-order valence-electron chi connectivity index (χ4n) is 2.99. The highest BCUT2D eigenvalue weighted by Gasteiger charge is 2.13. The van der Waals surface area contributed by atoms with Gasteiger partial charge in [-0.1, -0.05) is 42.1 Å². The minimum Gasteiger partial charge on any atom is -0.306 e. The summed E-state index contributed by atoms with van der Waals surface area (Å²) in [5.41, 5.74) is 2.47. The number of nitrogens with zero attached hydrogens (tertiary/aromatic N) is 5. The Bertz CT molecular complexity index is 1170. The summed E-state index contributed by atoms with van der Waals surface area (Å²) >= 11 is 4.92. The molecule has 142 valence electrons. The van der Waals surface area contributed by atoms with Gasteiger partial charge in [-0.15, -0.1) is 10.2 Å². The van der Waals surface area contributed by atoms with E-state index in [9.17, 15) is 4.79 Å². The summed E-state index contributed by atoms with van der Waals surface area (Å²) in [5, 5.41) is 9.56. The zero-order chi connectivity index (χ0) is 19.5. The average molecular weight is 456 g/mol. The summed E-state index contributed by atoms with van der Waals surface area (Å²) in [4.78, 5) is 16.9. The third-order valence-corrected chi connectivity index (χ3v) is 5.81. The van der Waals surface area contributed by atoms with E-state index in [-0.39, 0.29) is 5.56 Å². The molecule has 4 aromatic rings. The van der Waals surface area contributed by atoms with Crippen LogP contribution in [0.3, 0.4) is 0 Å². The Morgan fingerprint density at radius 1 is 1.11 bits per heavy atom. The van der Waals surface area contributed by atoms with Crippen molar-refractivity contribution in [2.75, 3.05) is 0 Å². The first-order chi connectivity index (χ1) is 13.6. The van der Waals surface area contributed by atoms with E-state index in [1.807, 2.05) is 30.3 Å². The summed E-state index contributed by atoms with van der Waals surface area (Å²) in [5.74, 6) is 1.50. The maximum Gasteiger partial charge on any atom is 0.258 e. The first kappa shape index (κ1) is 18.9. The van der Waals surface area contributed by atoms with Gasteiger partial charge in [0.25, 0.3) is 5.56 Å². The molecular weight excluding hydrogens is 438 g/mol. The zero-order valence-electron chi connectivity index (χ0n) is 15.2. The number of hydrogen-bond acceptors (Lipinski definition) is 5. The van der Waals surface area contributed by atoms with Gasteiger partial charge in [-0.3, -0.25) is 9.20 Å². The maximum atomic E-state index is 12.4. The monoisotopic (exact) mass is 455 g/mol. The highest BCUT2D eigenvalue weighted by molar-refractivity contribution is 9.10. The minimum absolute atomic E-state index is 0.0939. The van der Waals surface area contributed by atoms with Crippen molar-refractivity contribution in [2.45, 2.75) is 30.8 Å². The molecule has 0 saturated heterocycles. The molecule has 28 heavy (non-hydrogen) atoms. The van der Waals surface area contributed by atoms with Crippen molar-refractivity contribution >= 4 is 33.3 Å². The molecule has 0 aliphatic rings. The fourth-order valence-corrected chi connectivity index (χ4v) is 4.24. The van der Waals surface area contributed by atoms with Crippen LogP contribution in [0.25, 0.3) is 5.65 Å². The van der Waals surface area contributed by atoms with Crippen LogP contribution in [-0.2, 0) is 18.7 Å². The van der Waals surface area contributed by atoms with Crippen molar-refractivity contribution in [1.82, 2.24) is 24.1 Å². The molecule has 3 heterocycles. The van der Waals surface area contributed by atoms with Gasteiger partial charge in [-0.2, -0.15) is 0 Å². The van der Waals surface area contributed by atoms with Crippen molar-refractivity contribution in [3.8, 4) is 0 Å². The second-order valence-corrected chi connectivity index (χ2v) is 8.11. The standard InChI is InChI=1S/C20H18BrN5OS/c1-2-25-18(10-14-6-4-3-5-7-14)23-24-20(25)28-13-16-11-19(27)26-12-15(21)8-9-17(26)22-16/h3-9,11-12H,2,10,13H2,1H3. The SMILES string of the molecule is CCn1c(Cc2ccccc2)nnc1SCc1cc(=O)n2cc(Br)ccc2n1. The number of benzene rings is 1. The van der Waals surface area contributed by atoms with Crippen molar-refractivity contribution in [1.29, 1.82) is 0 Å². The maximum absolute atomic E-state index is 12.4. The van der Waals surface area contributed by atoms with E-state index in [0.29, 0.717) is 11.4 Å². The van der Waals surface area contributed by atoms with Gasteiger partial charge < -0.3 is 4.57 Å². The zero-order valence-corrected chi connectivity index (χ0v) is 17.7. The van der Waals surface area contributed by atoms with Crippen LogP contribution in [0.15, 0.2) is 69.2 Å². The van der Waals surface area contributed by atoms with E-state index in [2.05, 4.69) is 54.7 Å². The number of hydrogen-bond donors (Lipinski definition) is 0.